The lowest BCUT2D eigenvalue weighted by molar-refractivity contribution is -0.117. The SMILES string of the molecule is C[C@H]1CC(=O)Nc2ccccc2N1C(=O)CSc1n[nH]c(=O)n1C[C@@H]1CCCO1. The Bertz CT molecular complexity index is 966. The zero-order valence-corrected chi connectivity index (χ0v) is 16.9. The molecular formula is C19H23N5O4S. The molecule has 2 aromatic rings. The second-order valence-corrected chi connectivity index (χ2v) is 8.17. The third-order valence-electron chi connectivity index (χ3n) is 5.09. The average molecular weight is 417 g/mol. The van der Waals surface area contributed by atoms with Gasteiger partial charge in [-0.1, -0.05) is 23.9 Å². The molecule has 1 aromatic heterocycles. The topological polar surface area (TPSA) is 109 Å². The molecule has 29 heavy (non-hydrogen) atoms. The summed E-state index contributed by atoms with van der Waals surface area (Å²) in [5.74, 6) is -0.168. The monoisotopic (exact) mass is 417 g/mol. The van der Waals surface area contributed by atoms with Crippen molar-refractivity contribution in [3.63, 3.8) is 0 Å². The maximum atomic E-state index is 13.1. The Morgan fingerprint density at radius 1 is 1.34 bits per heavy atom. The lowest BCUT2D eigenvalue weighted by Crippen LogP contribution is -2.40. The van der Waals surface area contributed by atoms with Gasteiger partial charge in [0, 0.05) is 19.1 Å². The molecule has 0 saturated carbocycles. The quantitative estimate of drug-likeness (QED) is 0.716. The molecule has 1 saturated heterocycles. The number of nitrogens with one attached hydrogen (secondary N) is 2. The number of hydrogen-bond donors (Lipinski definition) is 2. The summed E-state index contributed by atoms with van der Waals surface area (Å²) in [4.78, 5) is 38.9. The van der Waals surface area contributed by atoms with Gasteiger partial charge in [0.25, 0.3) is 0 Å². The van der Waals surface area contributed by atoms with E-state index in [1.165, 1.54) is 16.3 Å². The summed E-state index contributed by atoms with van der Waals surface area (Å²) in [6.07, 6.45) is 2.10. The predicted octanol–water partition coefficient (Wildman–Crippen LogP) is 1.61. The van der Waals surface area contributed by atoms with Crippen LogP contribution < -0.4 is 15.9 Å². The molecule has 4 rings (SSSR count). The summed E-state index contributed by atoms with van der Waals surface area (Å²) < 4.78 is 7.14. The molecule has 10 heteroatoms. The van der Waals surface area contributed by atoms with Gasteiger partial charge in [0.1, 0.15) is 0 Å². The van der Waals surface area contributed by atoms with Gasteiger partial charge in [-0.2, -0.15) is 0 Å². The zero-order chi connectivity index (χ0) is 20.4. The number of aromatic amines is 1. The molecule has 2 aliphatic rings. The first-order valence-corrected chi connectivity index (χ1v) is 10.6. The summed E-state index contributed by atoms with van der Waals surface area (Å²) in [6, 6.07) is 6.98. The van der Waals surface area contributed by atoms with E-state index in [-0.39, 0.29) is 41.8 Å². The Kier molecular flexibility index (Phi) is 5.72. The molecule has 0 bridgehead atoms. The highest BCUT2D eigenvalue weighted by Gasteiger charge is 2.30. The van der Waals surface area contributed by atoms with E-state index < -0.39 is 0 Å². The van der Waals surface area contributed by atoms with Crippen molar-refractivity contribution in [2.45, 2.75) is 50.0 Å². The third-order valence-corrected chi connectivity index (χ3v) is 6.05. The van der Waals surface area contributed by atoms with Crippen LogP contribution in [0.4, 0.5) is 11.4 Å². The number of aromatic nitrogens is 3. The van der Waals surface area contributed by atoms with Gasteiger partial charge in [0.15, 0.2) is 5.16 Å². The first kappa shape index (κ1) is 19.7. The average Bonchev–Trinajstić information content (AvgIpc) is 3.29. The minimum atomic E-state index is -0.307. The highest BCUT2D eigenvalue weighted by molar-refractivity contribution is 7.99. The van der Waals surface area contributed by atoms with Crippen molar-refractivity contribution >= 4 is 35.0 Å². The van der Waals surface area contributed by atoms with Crippen molar-refractivity contribution in [1.29, 1.82) is 0 Å². The van der Waals surface area contributed by atoms with Crippen LogP contribution in [0.2, 0.25) is 0 Å². The number of fused-ring (bicyclic) bond motifs is 1. The normalized spacial score (nSPS) is 21.6. The highest BCUT2D eigenvalue weighted by atomic mass is 32.2. The van der Waals surface area contributed by atoms with Gasteiger partial charge in [-0.15, -0.1) is 5.10 Å². The number of carbonyl (C=O) groups is 2. The Morgan fingerprint density at radius 3 is 2.97 bits per heavy atom. The van der Waals surface area contributed by atoms with Crippen LogP contribution in [0.5, 0.6) is 0 Å². The Morgan fingerprint density at radius 2 is 2.17 bits per heavy atom. The summed E-state index contributed by atoms with van der Waals surface area (Å²) in [5.41, 5.74) is 0.990. The first-order chi connectivity index (χ1) is 14.0. The molecule has 0 spiro atoms. The van der Waals surface area contributed by atoms with Crippen LogP contribution in [-0.4, -0.2) is 51.1 Å². The molecule has 9 nitrogen and oxygen atoms in total. The summed E-state index contributed by atoms with van der Waals surface area (Å²) in [6.45, 7) is 2.98. The molecule has 154 valence electrons. The van der Waals surface area contributed by atoms with Crippen molar-refractivity contribution in [1.82, 2.24) is 14.8 Å². The standard InChI is InChI=1S/C19H23N5O4S/c1-12-9-16(25)20-14-6-2-3-7-15(14)24(12)17(26)11-29-19-22-21-18(27)23(19)10-13-5-4-8-28-13/h2-3,6-7,12-13H,4-5,8-11H2,1H3,(H,20,25)(H,21,27)/t12-,13-/m0/s1. The number of para-hydroxylation sites is 2. The molecule has 2 aliphatic heterocycles. The van der Waals surface area contributed by atoms with Gasteiger partial charge in [-0.3, -0.25) is 14.2 Å². The lowest BCUT2D eigenvalue weighted by Gasteiger charge is -2.27. The number of anilines is 2. The van der Waals surface area contributed by atoms with Crippen molar-refractivity contribution in [2.75, 3.05) is 22.6 Å². The molecule has 0 unspecified atom stereocenters. The lowest BCUT2D eigenvalue weighted by atomic mass is 10.2. The van der Waals surface area contributed by atoms with E-state index >= 15 is 0 Å². The Balaban J connectivity index is 1.50. The fraction of sp³-hybridized carbons (Fsp3) is 0.474. The van der Waals surface area contributed by atoms with E-state index in [1.807, 2.05) is 25.1 Å². The summed E-state index contributed by atoms with van der Waals surface area (Å²) >= 11 is 1.21. The summed E-state index contributed by atoms with van der Waals surface area (Å²) in [5, 5.41) is 9.83. The first-order valence-electron chi connectivity index (χ1n) is 9.63. The van der Waals surface area contributed by atoms with Crippen LogP contribution in [0.1, 0.15) is 26.2 Å². The molecule has 2 atom stereocenters. The van der Waals surface area contributed by atoms with Crippen LogP contribution in [-0.2, 0) is 20.9 Å². The van der Waals surface area contributed by atoms with Gasteiger partial charge < -0.3 is 15.0 Å². The number of thioether (sulfide) groups is 1. The number of rotatable bonds is 5. The maximum Gasteiger partial charge on any atom is 0.344 e. The van der Waals surface area contributed by atoms with Crippen LogP contribution in [0.25, 0.3) is 0 Å². The van der Waals surface area contributed by atoms with Crippen molar-refractivity contribution in [3.8, 4) is 0 Å². The zero-order valence-electron chi connectivity index (χ0n) is 16.1. The second kappa shape index (κ2) is 8.42. The number of H-pyrrole nitrogens is 1. The van der Waals surface area contributed by atoms with Crippen LogP contribution in [0, 0.1) is 0 Å². The number of ether oxygens (including phenoxy) is 1. The maximum absolute atomic E-state index is 13.1. The minimum absolute atomic E-state index is 0.00468. The molecule has 2 N–H and O–H groups in total. The molecule has 0 radical (unpaired) electrons. The van der Waals surface area contributed by atoms with Crippen LogP contribution in [0.15, 0.2) is 34.2 Å². The van der Waals surface area contributed by atoms with Gasteiger partial charge in [0.2, 0.25) is 11.8 Å². The van der Waals surface area contributed by atoms with Crippen LogP contribution >= 0.6 is 11.8 Å². The van der Waals surface area contributed by atoms with E-state index in [4.69, 9.17) is 4.74 Å². The molecule has 0 aliphatic carbocycles. The number of benzene rings is 1. The Labute approximate surface area is 171 Å². The van der Waals surface area contributed by atoms with Crippen LogP contribution in [0.3, 0.4) is 0 Å². The third kappa shape index (κ3) is 4.23. The smallest absolute Gasteiger partial charge is 0.344 e. The highest BCUT2D eigenvalue weighted by Crippen LogP contribution is 2.32. The molecule has 2 amide bonds. The second-order valence-electron chi connectivity index (χ2n) is 7.23. The Hall–Kier alpha value is -2.59. The van der Waals surface area contributed by atoms with Crippen molar-refractivity contribution < 1.29 is 14.3 Å². The summed E-state index contributed by atoms with van der Waals surface area (Å²) in [7, 11) is 0. The van der Waals surface area contributed by atoms with Gasteiger partial charge in [0.05, 0.1) is 29.8 Å². The largest absolute Gasteiger partial charge is 0.376 e. The fourth-order valence-corrected chi connectivity index (χ4v) is 4.55. The fourth-order valence-electron chi connectivity index (χ4n) is 3.73. The number of carbonyl (C=O) groups excluding carboxylic acids is 2. The van der Waals surface area contributed by atoms with E-state index in [1.54, 1.807) is 11.0 Å². The molecule has 3 heterocycles. The number of amides is 2. The number of hydrogen-bond acceptors (Lipinski definition) is 6. The van der Waals surface area contributed by atoms with Gasteiger partial charge in [-0.05, 0) is 31.9 Å². The molecule has 1 fully saturated rings. The van der Waals surface area contributed by atoms with E-state index in [0.717, 1.165) is 12.8 Å². The van der Waals surface area contributed by atoms with Gasteiger partial charge >= 0.3 is 5.69 Å². The molecule has 1 aromatic carbocycles. The van der Waals surface area contributed by atoms with Crippen molar-refractivity contribution in [3.05, 3.63) is 34.7 Å². The van der Waals surface area contributed by atoms with E-state index in [9.17, 15) is 14.4 Å². The minimum Gasteiger partial charge on any atom is -0.376 e. The molecular weight excluding hydrogens is 394 g/mol. The predicted molar refractivity (Wildman–Crippen MR) is 109 cm³/mol. The van der Waals surface area contributed by atoms with Gasteiger partial charge in [-0.25, -0.2) is 9.89 Å². The van der Waals surface area contributed by atoms with E-state index in [0.29, 0.717) is 29.7 Å². The van der Waals surface area contributed by atoms with E-state index in [2.05, 4.69) is 15.5 Å². The van der Waals surface area contributed by atoms with Crippen molar-refractivity contribution in [2.24, 2.45) is 0 Å². The number of nitrogens with zero attached hydrogens (tertiary/aromatic N) is 3.